The van der Waals surface area contributed by atoms with Gasteiger partial charge in [0.05, 0.1) is 0 Å². The molecular formula is C13H19N3O2S2. The molecule has 1 aromatic heterocycles. The first-order chi connectivity index (χ1) is 9.45. The number of sulfonamides is 1. The van der Waals surface area contributed by atoms with Crippen molar-refractivity contribution in [1.29, 1.82) is 5.26 Å². The van der Waals surface area contributed by atoms with E-state index in [9.17, 15) is 8.42 Å². The zero-order chi connectivity index (χ0) is 14.6. The Morgan fingerprint density at radius 1 is 1.30 bits per heavy atom. The summed E-state index contributed by atoms with van der Waals surface area (Å²) in [6.45, 7) is 0.259. The summed E-state index contributed by atoms with van der Waals surface area (Å²) in [5.41, 5.74) is 5.85. The number of nitriles is 1. The van der Waals surface area contributed by atoms with Gasteiger partial charge >= 0.3 is 0 Å². The number of rotatable bonds is 4. The Morgan fingerprint density at radius 3 is 2.50 bits per heavy atom. The van der Waals surface area contributed by atoms with Gasteiger partial charge in [0, 0.05) is 12.1 Å². The third-order valence-electron chi connectivity index (χ3n) is 3.67. The second-order valence-corrected chi connectivity index (χ2v) is 8.41. The summed E-state index contributed by atoms with van der Waals surface area (Å²) in [7, 11) is -3.56. The van der Waals surface area contributed by atoms with Crippen molar-refractivity contribution >= 4 is 21.4 Å². The Labute approximate surface area is 123 Å². The van der Waals surface area contributed by atoms with Crippen molar-refractivity contribution < 1.29 is 8.42 Å². The summed E-state index contributed by atoms with van der Waals surface area (Å²) in [5.74, 6) is 0. The molecule has 1 fully saturated rings. The van der Waals surface area contributed by atoms with Gasteiger partial charge in [0.25, 0.3) is 0 Å². The van der Waals surface area contributed by atoms with Crippen LogP contribution in [0, 0.1) is 11.3 Å². The highest BCUT2D eigenvalue weighted by molar-refractivity contribution is 7.91. The van der Waals surface area contributed by atoms with Crippen LogP contribution in [0.4, 0.5) is 0 Å². The topological polar surface area (TPSA) is 96.0 Å². The van der Waals surface area contributed by atoms with Gasteiger partial charge in [0.1, 0.15) is 15.2 Å². The third-order valence-corrected chi connectivity index (χ3v) is 6.55. The standard InChI is InChI=1S/C13H19N3O2S2/c14-9-11-5-6-12(19-11)20(17,18)16-10-13(15)7-3-1-2-4-8-13/h5-6,16H,1-4,7-8,10,15H2. The van der Waals surface area contributed by atoms with Crippen LogP contribution in [-0.2, 0) is 10.0 Å². The van der Waals surface area contributed by atoms with Gasteiger partial charge in [-0.3, -0.25) is 0 Å². The third kappa shape index (κ3) is 3.79. The smallest absolute Gasteiger partial charge is 0.250 e. The normalized spacial score (nSPS) is 19.2. The van der Waals surface area contributed by atoms with Crippen molar-refractivity contribution in [2.75, 3.05) is 6.54 Å². The Balaban J connectivity index is 2.03. The van der Waals surface area contributed by atoms with Crippen LogP contribution < -0.4 is 10.5 Å². The molecule has 110 valence electrons. The van der Waals surface area contributed by atoms with E-state index < -0.39 is 15.6 Å². The molecule has 1 saturated carbocycles. The zero-order valence-corrected chi connectivity index (χ0v) is 12.9. The van der Waals surface area contributed by atoms with Gasteiger partial charge in [-0.15, -0.1) is 11.3 Å². The highest BCUT2D eigenvalue weighted by Crippen LogP contribution is 2.26. The first kappa shape index (κ1) is 15.4. The fraction of sp³-hybridized carbons (Fsp3) is 0.615. The van der Waals surface area contributed by atoms with Crippen molar-refractivity contribution in [3.63, 3.8) is 0 Å². The molecule has 0 amide bonds. The van der Waals surface area contributed by atoms with Gasteiger partial charge in [0.15, 0.2) is 0 Å². The molecule has 0 unspecified atom stereocenters. The van der Waals surface area contributed by atoms with Crippen LogP contribution in [0.3, 0.4) is 0 Å². The molecule has 0 radical (unpaired) electrons. The molecule has 5 nitrogen and oxygen atoms in total. The average molecular weight is 313 g/mol. The Hall–Kier alpha value is -0.940. The van der Waals surface area contributed by atoms with Crippen LogP contribution in [0.2, 0.25) is 0 Å². The molecule has 0 spiro atoms. The van der Waals surface area contributed by atoms with Crippen LogP contribution in [-0.4, -0.2) is 20.5 Å². The second kappa shape index (κ2) is 6.22. The lowest BCUT2D eigenvalue weighted by atomic mass is 9.92. The lowest BCUT2D eigenvalue weighted by Gasteiger charge is -2.28. The maximum absolute atomic E-state index is 12.2. The lowest BCUT2D eigenvalue weighted by Crippen LogP contribution is -2.49. The van der Waals surface area contributed by atoms with Gasteiger partial charge in [-0.1, -0.05) is 25.7 Å². The molecule has 7 heteroatoms. The highest BCUT2D eigenvalue weighted by atomic mass is 32.2. The van der Waals surface area contributed by atoms with Crippen molar-refractivity contribution in [3.05, 3.63) is 17.0 Å². The van der Waals surface area contributed by atoms with Crippen LogP contribution in [0.15, 0.2) is 16.3 Å². The molecule has 1 aliphatic carbocycles. The Bertz CT molecular complexity index is 593. The molecular weight excluding hydrogens is 294 g/mol. The van der Waals surface area contributed by atoms with Gasteiger partial charge in [0.2, 0.25) is 10.0 Å². The molecule has 2 rings (SSSR count). The van der Waals surface area contributed by atoms with E-state index in [1.165, 1.54) is 25.0 Å². The monoisotopic (exact) mass is 313 g/mol. The number of nitrogens with one attached hydrogen (secondary N) is 1. The molecule has 0 saturated heterocycles. The predicted octanol–water partition coefficient (Wildman–Crippen LogP) is 1.95. The van der Waals surface area contributed by atoms with E-state index in [4.69, 9.17) is 11.0 Å². The summed E-state index contributed by atoms with van der Waals surface area (Å²) in [5, 5.41) is 8.75. The number of hydrogen-bond donors (Lipinski definition) is 2. The van der Waals surface area contributed by atoms with E-state index in [2.05, 4.69) is 4.72 Å². The van der Waals surface area contributed by atoms with Gasteiger partial charge in [-0.2, -0.15) is 5.26 Å². The van der Waals surface area contributed by atoms with E-state index in [1.54, 1.807) is 0 Å². The largest absolute Gasteiger partial charge is 0.324 e. The van der Waals surface area contributed by atoms with Gasteiger partial charge < -0.3 is 5.73 Å². The summed E-state index contributed by atoms with van der Waals surface area (Å²) >= 11 is 0.977. The number of nitrogens with two attached hydrogens (primary N) is 1. The van der Waals surface area contributed by atoms with E-state index in [0.717, 1.165) is 37.0 Å². The summed E-state index contributed by atoms with van der Waals surface area (Å²) in [4.78, 5) is 0.391. The van der Waals surface area contributed by atoms with Crippen molar-refractivity contribution in [1.82, 2.24) is 4.72 Å². The summed E-state index contributed by atoms with van der Waals surface area (Å²) in [6, 6.07) is 4.92. The minimum atomic E-state index is -3.56. The Morgan fingerprint density at radius 2 is 1.95 bits per heavy atom. The van der Waals surface area contributed by atoms with Crippen molar-refractivity contribution in [2.24, 2.45) is 5.73 Å². The number of hydrogen-bond acceptors (Lipinski definition) is 5. The quantitative estimate of drug-likeness (QED) is 0.830. The van der Waals surface area contributed by atoms with Gasteiger partial charge in [-0.05, 0) is 25.0 Å². The van der Waals surface area contributed by atoms with Crippen LogP contribution in [0.1, 0.15) is 43.4 Å². The minimum Gasteiger partial charge on any atom is -0.324 e. The SMILES string of the molecule is N#Cc1ccc(S(=O)(=O)NCC2(N)CCCCCC2)s1. The molecule has 1 heterocycles. The fourth-order valence-corrected chi connectivity index (χ4v) is 4.73. The molecule has 0 aliphatic heterocycles. The van der Waals surface area contributed by atoms with Crippen LogP contribution >= 0.6 is 11.3 Å². The molecule has 20 heavy (non-hydrogen) atoms. The zero-order valence-electron chi connectivity index (χ0n) is 11.3. The molecule has 3 N–H and O–H groups in total. The van der Waals surface area contributed by atoms with Crippen LogP contribution in [0.25, 0.3) is 0 Å². The summed E-state index contributed by atoms with van der Waals surface area (Å²) in [6.07, 6.45) is 6.14. The summed E-state index contributed by atoms with van der Waals surface area (Å²) < 4.78 is 27.1. The van der Waals surface area contributed by atoms with Gasteiger partial charge in [-0.25, -0.2) is 13.1 Å². The number of nitrogens with zero attached hydrogens (tertiary/aromatic N) is 1. The molecule has 0 atom stereocenters. The van der Waals surface area contributed by atoms with E-state index >= 15 is 0 Å². The van der Waals surface area contributed by atoms with E-state index in [0.29, 0.717) is 4.88 Å². The minimum absolute atomic E-state index is 0.172. The second-order valence-electron chi connectivity index (χ2n) is 5.33. The molecule has 0 bridgehead atoms. The molecule has 0 aromatic carbocycles. The Kier molecular flexibility index (Phi) is 4.81. The van der Waals surface area contributed by atoms with Crippen LogP contribution in [0.5, 0.6) is 0 Å². The average Bonchev–Trinajstić information content (AvgIpc) is 2.81. The van der Waals surface area contributed by atoms with Crippen molar-refractivity contribution in [3.8, 4) is 6.07 Å². The first-order valence-corrected chi connectivity index (χ1v) is 9.04. The maximum atomic E-state index is 12.2. The van der Waals surface area contributed by atoms with E-state index in [1.807, 2.05) is 6.07 Å². The van der Waals surface area contributed by atoms with E-state index in [-0.39, 0.29) is 10.8 Å². The molecule has 1 aliphatic rings. The number of thiophene rings is 1. The highest BCUT2D eigenvalue weighted by Gasteiger charge is 2.28. The first-order valence-electron chi connectivity index (χ1n) is 6.74. The predicted molar refractivity (Wildman–Crippen MR) is 78.8 cm³/mol. The fourth-order valence-electron chi connectivity index (χ4n) is 2.44. The molecule has 1 aromatic rings. The maximum Gasteiger partial charge on any atom is 0.250 e. The lowest BCUT2D eigenvalue weighted by molar-refractivity contribution is 0.369. The van der Waals surface area contributed by atoms with Crippen molar-refractivity contribution in [2.45, 2.75) is 48.3 Å².